The molecule has 0 saturated heterocycles. The van der Waals surface area contributed by atoms with Crippen LogP contribution in [0.5, 0.6) is 0 Å². The highest BCUT2D eigenvalue weighted by Crippen LogP contribution is 2.14. The van der Waals surface area contributed by atoms with Crippen LogP contribution in [-0.4, -0.2) is 21.2 Å². The summed E-state index contributed by atoms with van der Waals surface area (Å²) in [6.07, 6.45) is 6.80. The third kappa shape index (κ3) is 1.90. The number of fused-ring (bicyclic) bond motifs is 1. The van der Waals surface area contributed by atoms with Gasteiger partial charge < -0.3 is 10.5 Å². The van der Waals surface area contributed by atoms with E-state index in [9.17, 15) is 0 Å². The number of anilines is 1. The van der Waals surface area contributed by atoms with E-state index in [4.69, 9.17) is 10.5 Å². The minimum atomic E-state index is 0.473. The van der Waals surface area contributed by atoms with E-state index in [1.807, 2.05) is 25.3 Å². The van der Waals surface area contributed by atoms with Crippen molar-refractivity contribution in [1.29, 1.82) is 0 Å². The summed E-state index contributed by atoms with van der Waals surface area (Å²) in [6.45, 7) is 2.59. The van der Waals surface area contributed by atoms with Crippen molar-refractivity contribution in [2.75, 3.05) is 12.3 Å². The predicted molar refractivity (Wildman–Crippen MR) is 58.1 cm³/mol. The zero-order chi connectivity index (χ0) is 10.7. The average Bonchev–Trinajstić information content (AvgIpc) is 2.63. The first-order chi connectivity index (χ1) is 7.31. The zero-order valence-electron chi connectivity index (χ0n) is 8.42. The Morgan fingerprint density at radius 1 is 1.60 bits per heavy atom. The highest BCUT2D eigenvalue weighted by atomic mass is 16.5. The van der Waals surface area contributed by atoms with Crippen molar-refractivity contribution < 1.29 is 4.74 Å². The van der Waals surface area contributed by atoms with Crippen molar-refractivity contribution in [2.45, 2.75) is 6.92 Å². The number of nitrogens with zero attached hydrogens (tertiary/aromatic N) is 3. The minimum Gasteiger partial charge on any atom is -0.501 e. The molecule has 0 aromatic carbocycles. The van der Waals surface area contributed by atoms with Gasteiger partial charge in [-0.2, -0.15) is 5.10 Å². The Hall–Kier alpha value is -2.04. The molecule has 0 radical (unpaired) electrons. The second-order valence-electron chi connectivity index (χ2n) is 3.01. The van der Waals surface area contributed by atoms with Crippen molar-refractivity contribution in [2.24, 2.45) is 0 Å². The van der Waals surface area contributed by atoms with Crippen LogP contribution >= 0.6 is 0 Å². The van der Waals surface area contributed by atoms with Gasteiger partial charge in [-0.15, -0.1) is 0 Å². The number of aromatic nitrogens is 3. The second kappa shape index (κ2) is 4.00. The minimum absolute atomic E-state index is 0.473. The van der Waals surface area contributed by atoms with E-state index in [-0.39, 0.29) is 0 Å². The van der Waals surface area contributed by atoms with Crippen LogP contribution in [0.3, 0.4) is 0 Å². The van der Waals surface area contributed by atoms with Crippen LogP contribution in [0, 0.1) is 0 Å². The molecule has 15 heavy (non-hydrogen) atoms. The maximum atomic E-state index is 5.70. The van der Waals surface area contributed by atoms with Gasteiger partial charge >= 0.3 is 0 Å². The summed E-state index contributed by atoms with van der Waals surface area (Å²) in [4.78, 5) is 3.91. The zero-order valence-corrected chi connectivity index (χ0v) is 8.42. The van der Waals surface area contributed by atoms with Crippen LogP contribution < -0.4 is 5.73 Å². The van der Waals surface area contributed by atoms with Gasteiger partial charge in [-0.1, -0.05) is 0 Å². The Labute approximate surface area is 87.2 Å². The summed E-state index contributed by atoms with van der Waals surface area (Å²) in [7, 11) is 0. The molecule has 2 aromatic heterocycles. The van der Waals surface area contributed by atoms with Gasteiger partial charge in [0.25, 0.3) is 0 Å². The Morgan fingerprint density at radius 3 is 3.20 bits per heavy atom. The van der Waals surface area contributed by atoms with Gasteiger partial charge in [0.1, 0.15) is 11.8 Å². The summed E-state index contributed by atoms with van der Waals surface area (Å²) in [5.74, 6) is 0.473. The second-order valence-corrected chi connectivity index (χ2v) is 3.01. The van der Waals surface area contributed by atoms with Crippen molar-refractivity contribution >= 4 is 17.4 Å². The number of ether oxygens (including phenoxy) is 1. The molecule has 2 aromatic rings. The molecular formula is C10H12N4O. The van der Waals surface area contributed by atoms with Crippen LogP contribution in [0.15, 0.2) is 24.9 Å². The lowest BCUT2D eigenvalue weighted by Crippen LogP contribution is -1.96. The first-order valence-corrected chi connectivity index (χ1v) is 4.68. The Kier molecular flexibility index (Phi) is 2.53. The molecule has 0 fully saturated rings. The molecule has 0 aliphatic carbocycles. The van der Waals surface area contributed by atoms with Crippen LogP contribution in [0.4, 0.5) is 5.82 Å². The topological polar surface area (TPSA) is 65.4 Å². The lowest BCUT2D eigenvalue weighted by Gasteiger charge is -1.93. The molecule has 5 heteroatoms. The first kappa shape index (κ1) is 9.51. The molecule has 0 amide bonds. The smallest absolute Gasteiger partial charge is 0.151 e. The van der Waals surface area contributed by atoms with Gasteiger partial charge in [0.2, 0.25) is 0 Å². The third-order valence-electron chi connectivity index (χ3n) is 1.98. The van der Waals surface area contributed by atoms with E-state index >= 15 is 0 Å². The fourth-order valence-corrected chi connectivity index (χ4v) is 1.28. The van der Waals surface area contributed by atoms with E-state index in [1.165, 1.54) is 6.33 Å². The molecule has 0 aliphatic heterocycles. The normalized spacial score (nSPS) is 11.3. The number of nitrogen functional groups attached to an aromatic ring is 1. The van der Waals surface area contributed by atoms with Crippen molar-refractivity contribution in [3.63, 3.8) is 0 Å². The fourth-order valence-electron chi connectivity index (χ4n) is 1.28. The summed E-state index contributed by atoms with van der Waals surface area (Å²) in [6, 6.07) is 1.91. The quantitative estimate of drug-likeness (QED) is 0.766. The summed E-state index contributed by atoms with van der Waals surface area (Å²) >= 11 is 0. The molecule has 0 bridgehead atoms. The lowest BCUT2D eigenvalue weighted by atomic mass is 10.3. The van der Waals surface area contributed by atoms with E-state index in [0.717, 1.165) is 11.1 Å². The fraction of sp³-hybridized carbons (Fsp3) is 0.200. The molecule has 0 unspecified atom stereocenters. The van der Waals surface area contributed by atoms with Gasteiger partial charge in [0.15, 0.2) is 5.82 Å². The SMILES string of the molecule is CCO/C=C/c1cc2c(N)ncnn2c1. The van der Waals surface area contributed by atoms with E-state index in [1.54, 1.807) is 10.8 Å². The lowest BCUT2D eigenvalue weighted by molar-refractivity contribution is 0.272. The van der Waals surface area contributed by atoms with E-state index in [2.05, 4.69) is 10.1 Å². The summed E-state index contributed by atoms with van der Waals surface area (Å²) in [5, 5.41) is 4.04. The number of rotatable bonds is 3. The molecule has 0 atom stereocenters. The molecule has 2 rings (SSSR count). The van der Waals surface area contributed by atoms with Crippen LogP contribution in [-0.2, 0) is 4.74 Å². The Balaban J connectivity index is 2.35. The highest BCUT2D eigenvalue weighted by Gasteiger charge is 2.01. The van der Waals surface area contributed by atoms with Gasteiger partial charge in [-0.25, -0.2) is 9.50 Å². The number of nitrogens with two attached hydrogens (primary N) is 1. The molecule has 78 valence electrons. The third-order valence-corrected chi connectivity index (χ3v) is 1.98. The molecule has 2 heterocycles. The molecule has 0 aliphatic rings. The molecule has 0 spiro atoms. The molecular weight excluding hydrogens is 192 g/mol. The van der Waals surface area contributed by atoms with E-state index in [0.29, 0.717) is 12.4 Å². The summed E-state index contributed by atoms with van der Waals surface area (Å²) in [5.41, 5.74) is 7.48. The van der Waals surface area contributed by atoms with Crippen molar-refractivity contribution in [3.05, 3.63) is 30.4 Å². The highest BCUT2D eigenvalue weighted by molar-refractivity contribution is 5.69. The van der Waals surface area contributed by atoms with E-state index < -0.39 is 0 Å². The Bertz CT molecular complexity index is 489. The largest absolute Gasteiger partial charge is 0.501 e. The number of hydrogen-bond acceptors (Lipinski definition) is 4. The Morgan fingerprint density at radius 2 is 2.47 bits per heavy atom. The molecule has 5 nitrogen and oxygen atoms in total. The number of hydrogen-bond donors (Lipinski definition) is 1. The van der Waals surface area contributed by atoms with Gasteiger partial charge in [0.05, 0.1) is 12.9 Å². The van der Waals surface area contributed by atoms with Gasteiger partial charge in [-0.05, 0) is 24.6 Å². The van der Waals surface area contributed by atoms with Crippen molar-refractivity contribution in [1.82, 2.24) is 14.6 Å². The van der Waals surface area contributed by atoms with Crippen LogP contribution in [0.2, 0.25) is 0 Å². The monoisotopic (exact) mass is 204 g/mol. The van der Waals surface area contributed by atoms with Gasteiger partial charge in [-0.3, -0.25) is 0 Å². The molecule has 2 N–H and O–H groups in total. The standard InChI is InChI=1S/C10H12N4O/c1-2-15-4-3-8-5-9-10(11)12-7-13-14(9)6-8/h3-7H,2H2,1H3,(H2,11,12,13)/b4-3+. The van der Waals surface area contributed by atoms with Crippen LogP contribution in [0.25, 0.3) is 11.6 Å². The average molecular weight is 204 g/mol. The predicted octanol–water partition coefficient (Wildman–Crippen LogP) is 1.32. The maximum absolute atomic E-state index is 5.70. The van der Waals surface area contributed by atoms with Crippen LogP contribution in [0.1, 0.15) is 12.5 Å². The van der Waals surface area contributed by atoms with Gasteiger partial charge in [0, 0.05) is 6.20 Å². The summed E-state index contributed by atoms with van der Waals surface area (Å²) < 4.78 is 6.80. The van der Waals surface area contributed by atoms with Crippen molar-refractivity contribution in [3.8, 4) is 0 Å². The first-order valence-electron chi connectivity index (χ1n) is 4.68. The maximum Gasteiger partial charge on any atom is 0.151 e. The molecule has 0 saturated carbocycles.